The molecule has 0 aliphatic carbocycles. The monoisotopic (exact) mass is 915 g/mol. The molecule has 6 nitrogen and oxygen atoms in total. The molecular weight excluding hydrogens is 817 g/mol. The number of carbonyl (C=O) groups excluding carboxylic acids is 3. The van der Waals surface area contributed by atoms with Gasteiger partial charge in [-0.15, -0.1) is 0 Å². The summed E-state index contributed by atoms with van der Waals surface area (Å²) < 4.78 is 16.7. The third kappa shape index (κ3) is 51.1. The van der Waals surface area contributed by atoms with E-state index in [2.05, 4.69) is 93.7 Å². The van der Waals surface area contributed by atoms with Gasteiger partial charge in [0.05, 0.1) is 0 Å². The van der Waals surface area contributed by atoms with Crippen molar-refractivity contribution in [3.05, 3.63) is 109 Å². The van der Waals surface area contributed by atoms with Crippen LogP contribution >= 0.6 is 0 Å². The highest BCUT2D eigenvalue weighted by atomic mass is 16.6. The lowest BCUT2D eigenvalue weighted by Crippen LogP contribution is -2.30. The predicted octanol–water partition coefficient (Wildman–Crippen LogP) is 17.9. The fourth-order valence-electron chi connectivity index (χ4n) is 7.01. The smallest absolute Gasteiger partial charge is 0.306 e. The van der Waals surface area contributed by atoms with Crippen LogP contribution in [0.2, 0.25) is 0 Å². The summed E-state index contributed by atoms with van der Waals surface area (Å²) in [6.45, 7) is 6.45. The Morgan fingerprint density at radius 2 is 0.652 bits per heavy atom. The first kappa shape index (κ1) is 62.1. The highest BCUT2D eigenvalue weighted by Gasteiger charge is 2.19. The molecule has 0 heterocycles. The number of hydrogen-bond donors (Lipinski definition) is 0. The number of carbonyl (C=O) groups is 3. The van der Waals surface area contributed by atoms with Gasteiger partial charge in [-0.1, -0.05) is 226 Å². The van der Waals surface area contributed by atoms with E-state index in [4.69, 9.17) is 14.2 Å². The van der Waals surface area contributed by atoms with E-state index >= 15 is 0 Å². The van der Waals surface area contributed by atoms with Crippen molar-refractivity contribution in [1.29, 1.82) is 0 Å². The zero-order chi connectivity index (χ0) is 47.9. The van der Waals surface area contributed by atoms with E-state index in [9.17, 15) is 14.4 Å². The summed E-state index contributed by atoms with van der Waals surface area (Å²) in [6, 6.07) is 0. The fraction of sp³-hybridized carbons (Fsp3) is 0.650. The van der Waals surface area contributed by atoms with Crippen molar-refractivity contribution >= 4 is 17.9 Å². The molecule has 0 bridgehead atoms. The first-order valence-corrected chi connectivity index (χ1v) is 27.0. The standard InChI is InChI=1S/C60H98O6/c1-4-7-10-13-16-19-22-25-27-29-31-32-35-38-41-44-47-50-53-59(62)65-56-57(55-64-58(61)52-49-46-43-40-37-34-24-21-18-15-12-9-6-3)66-60(63)54-51-48-45-42-39-36-33-30-28-26-23-20-17-14-11-8-5-2/h10,13,16,19,22,25-29,31-34,36-37,42,45,57H,4-9,11-12,14-15,17-18,20-21,23-24,30,35,38-41,43-44,46-56H2,1-3H3/b13-10-,19-16-,25-22-,28-26-,29-27-,32-31-,36-33-,37-34-,45-42-. The largest absolute Gasteiger partial charge is 0.462 e. The maximum atomic E-state index is 12.8. The molecule has 374 valence electrons. The van der Waals surface area contributed by atoms with Gasteiger partial charge < -0.3 is 14.2 Å². The van der Waals surface area contributed by atoms with Gasteiger partial charge in [-0.25, -0.2) is 0 Å². The molecular formula is C60H98O6. The van der Waals surface area contributed by atoms with E-state index in [0.29, 0.717) is 19.3 Å². The van der Waals surface area contributed by atoms with Crippen LogP contribution in [0.5, 0.6) is 0 Å². The van der Waals surface area contributed by atoms with Gasteiger partial charge in [0.2, 0.25) is 0 Å². The highest BCUT2D eigenvalue weighted by Crippen LogP contribution is 2.12. The second kappa shape index (κ2) is 53.7. The van der Waals surface area contributed by atoms with E-state index in [1.165, 1.54) is 89.9 Å². The molecule has 0 aliphatic rings. The molecule has 0 aromatic heterocycles. The summed E-state index contributed by atoms with van der Waals surface area (Å²) in [5, 5.41) is 0. The molecule has 0 N–H and O–H groups in total. The topological polar surface area (TPSA) is 78.9 Å². The van der Waals surface area contributed by atoms with Gasteiger partial charge in [0.1, 0.15) is 13.2 Å². The Hall–Kier alpha value is -3.93. The van der Waals surface area contributed by atoms with Crippen LogP contribution in [0.25, 0.3) is 0 Å². The molecule has 0 aliphatic heterocycles. The van der Waals surface area contributed by atoms with Crippen molar-refractivity contribution in [2.75, 3.05) is 13.2 Å². The Bertz CT molecular complexity index is 1370. The van der Waals surface area contributed by atoms with E-state index in [-0.39, 0.29) is 37.5 Å². The SMILES string of the molecule is CCC\C=C/C=C\C=C/C=C\C=C/CCCCCCCC(=O)OCC(COC(=O)CCCCC/C=C\CCCCCCCC)OC(=O)CCC/C=C\C/C=C\C/C=C\CCCCCCCC. The van der Waals surface area contributed by atoms with Gasteiger partial charge in [0.15, 0.2) is 6.10 Å². The van der Waals surface area contributed by atoms with Crippen LogP contribution in [0.1, 0.15) is 233 Å². The number of hydrogen-bond acceptors (Lipinski definition) is 6. The Morgan fingerprint density at radius 3 is 1.12 bits per heavy atom. The minimum absolute atomic E-state index is 0.116. The van der Waals surface area contributed by atoms with E-state index < -0.39 is 6.10 Å². The van der Waals surface area contributed by atoms with Gasteiger partial charge in [0, 0.05) is 19.3 Å². The van der Waals surface area contributed by atoms with Crippen molar-refractivity contribution < 1.29 is 28.6 Å². The highest BCUT2D eigenvalue weighted by molar-refractivity contribution is 5.71. The summed E-state index contributed by atoms with van der Waals surface area (Å²) in [6.07, 6.45) is 72.1. The Morgan fingerprint density at radius 1 is 0.318 bits per heavy atom. The molecule has 66 heavy (non-hydrogen) atoms. The summed E-state index contributed by atoms with van der Waals surface area (Å²) in [5.41, 5.74) is 0. The van der Waals surface area contributed by atoms with Crippen LogP contribution < -0.4 is 0 Å². The van der Waals surface area contributed by atoms with Crippen LogP contribution in [0.4, 0.5) is 0 Å². The summed E-state index contributed by atoms with van der Waals surface area (Å²) in [5.74, 6) is -1.01. The van der Waals surface area contributed by atoms with Crippen molar-refractivity contribution in [2.45, 2.75) is 239 Å². The van der Waals surface area contributed by atoms with Crippen LogP contribution in [-0.4, -0.2) is 37.2 Å². The maximum absolute atomic E-state index is 12.8. The molecule has 0 radical (unpaired) electrons. The van der Waals surface area contributed by atoms with Crippen molar-refractivity contribution in [3.63, 3.8) is 0 Å². The third-order valence-corrected chi connectivity index (χ3v) is 11.1. The first-order valence-electron chi connectivity index (χ1n) is 27.0. The Balaban J connectivity index is 4.55. The summed E-state index contributed by atoms with van der Waals surface area (Å²) in [4.78, 5) is 38.0. The number of ether oxygens (including phenoxy) is 3. The Kier molecular flexibility index (Phi) is 50.5. The normalized spacial score (nSPS) is 13.0. The second-order valence-corrected chi connectivity index (χ2v) is 17.5. The molecule has 0 saturated heterocycles. The number of unbranched alkanes of at least 4 members (excludes halogenated alkanes) is 22. The van der Waals surface area contributed by atoms with Crippen molar-refractivity contribution in [2.24, 2.45) is 0 Å². The summed E-state index contributed by atoms with van der Waals surface area (Å²) in [7, 11) is 0. The number of esters is 3. The number of rotatable bonds is 47. The summed E-state index contributed by atoms with van der Waals surface area (Å²) >= 11 is 0. The molecule has 1 unspecified atom stereocenters. The van der Waals surface area contributed by atoms with E-state index in [1.807, 2.05) is 36.5 Å². The quantitative estimate of drug-likeness (QED) is 0.0199. The molecule has 0 saturated carbocycles. The predicted molar refractivity (Wildman–Crippen MR) is 283 cm³/mol. The average Bonchev–Trinajstić information content (AvgIpc) is 3.31. The van der Waals surface area contributed by atoms with Crippen molar-refractivity contribution in [1.82, 2.24) is 0 Å². The minimum atomic E-state index is -0.823. The van der Waals surface area contributed by atoms with Crippen LogP contribution in [0.15, 0.2) is 109 Å². The van der Waals surface area contributed by atoms with Crippen LogP contribution in [0, 0.1) is 0 Å². The molecule has 0 spiro atoms. The zero-order valence-electron chi connectivity index (χ0n) is 42.7. The Labute approximate surface area is 406 Å². The minimum Gasteiger partial charge on any atom is -0.462 e. The molecule has 1 atom stereocenters. The maximum Gasteiger partial charge on any atom is 0.306 e. The van der Waals surface area contributed by atoms with Crippen LogP contribution in [0.3, 0.4) is 0 Å². The number of allylic oxidation sites excluding steroid dienone is 18. The zero-order valence-corrected chi connectivity index (χ0v) is 42.7. The lowest BCUT2D eigenvalue weighted by Gasteiger charge is -2.18. The molecule has 0 amide bonds. The van der Waals surface area contributed by atoms with E-state index in [1.54, 1.807) is 0 Å². The molecule has 6 heteroatoms. The fourth-order valence-corrected chi connectivity index (χ4v) is 7.01. The molecule has 0 aromatic carbocycles. The van der Waals surface area contributed by atoms with Crippen LogP contribution in [-0.2, 0) is 28.6 Å². The molecule has 0 aromatic rings. The van der Waals surface area contributed by atoms with Gasteiger partial charge in [-0.3, -0.25) is 14.4 Å². The average molecular weight is 915 g/mol. The first-order chi connectivity index (χ1) is 32.5. The van der Waals surface area contributed by atoms with Gasteiger partial charge >= 0.3 is 17.9 Å². The van der Waals surface area contributed by atoms with Gasteiger partial charge in [-0.2, -0.15) is 0 Å². The van der Waals surface area contributed by atoms with Gasteiger partial charge in [-0.05, 0) is 96.3 Å². The molecule has 0 rings (SSSR count). The van der Waals surface area contributed by atoms with E-state index in [0.717, 1.165) is 96.3 Å². The van der Waals surface area contributed by atoms with Crippen molar-refractivity contribution in [3.8, 4) is 0 Å². The molecule has 0 fully saturated rings. The van der Waals surface area contributed by atoms with Gasteiger partial charge in [0.25, 0.3) is 0 Å². The second-order valence-electron chi connectivity index (χ2n) is 17.5. The lowest BCUT2D eigenvalue weighted by molar-refractivity contribution is -0.167. The lowest BCUT2D eigenvalue weighted by atomic mass is 10.1. The third-order valence-electron chi connectivity index (χ3n) is 11.1.